The molecule has 126 valence electrons. The Balaban J connectivity index is 1.73. The molecule has 1 atom stereocenters. The number of amides is 1. The van der Waals surface area contributed by atoms with Crippen molar-refractivity contribution in [3.63, 3.8) is 0 Å². The number of hydrogen-bond acceptors (Lipinski definition) is 3. The smallest absolute Gasteiger partial charge is 0.225 e. The van der Waals surface area contributed by atoms with E-state index in [0.29, 0.717) is 5.91 Å². The fraction of sp³-hybridized carbons (Fsp3) is 0.684. The number of aryl methyl sites for hydroxylation is 1. The van der Waals surface area contributed by atoms with Crippen molar-refractivity contribution in [2.45, 2.75) is 58.5 Å². The highest BCUT2D eigenvalue weighted by atomic mass is 16.2. The van der Waals surface area contributed by atoms with E-state index >= 15 is 0 Å². The molecule has 4 nitrogen and oxygen atoms in total. The van der Waals surface area contributed by atoms with Crippen LogP contribution in [0.5, 0.6) is 0 Å². The topological polar surface area (TPSA) is 36.4 Å². The number of nitrogens with zero attached hydrogens (tertiary/aromatic N) is 3. The lowest BCUT2D eigenvalue weighted by Crippen LogP contribution is -2.57. The molecule has 0 N–H and O–H groups in total. The minimum absolute atomic E-state index is 0.0728. The second-order valence-electron chi connectivity index (χ2n) is 7.56. The van der Waals surface area contributed by atoms with Crippen LogP contribution in [-0.2, 0) is 11.3 Å². The Morgan fingerprint density at radius 3 is 2.70 bits per heavy atom. The third kappa shape index (κ3) is 3.42. The molecule has 23 heavy (non-hydrogen) atoms. The zero-order valence-corrected chi connectivity index (χ0v) is 14.7. The van der Waals surface area contributed by atoms with Gasteiger partial charge in [-0.1, -0.05) is 19.9 Å². The summed E-state index contributed by atoms with van der Waals surface area (Å²) in [5.41, 5.74) is 2.29. The molecule has 0 unspecified atom stereocenters. The van der Waals surface area contributed by atoms with Crippen LogP contribution in [0.25, 0.3) is 0 Å². The highest BCUT2D eigenvalue weighted by Gasteiger charge is 2.46. The fourth-order valence-electron chi connectivity index (χ4n) is 4.28. The van der Waals surface area contributed by atoms with Gasteiger partial charge in [0.15, 0.2) is 0 Å². The van der Waals surface area contributed by atoms with Crippen molar-refractivity contribution in [2.75, 3.05) is 19.6 Å². The van der Waals surface area contributed by atoms with Crippen molar-refractivity contribution in [1.29, 1.82) is 0 Å². The van der Waals surface area contributed by atoms with E-state index in [0.717, 1.165) is 56.8 Å². The molecule has 0 radical (unpaired) electrons. The predicted molar refractivity (Wildman–Crippen MR) is 92.0 cm³/mol. The average Bonchev–Trinajstić information content (AvgIpc) is 2.89. The molecule has 2 aliphatic rings. The molecule has 0 aromatic carbocycles. The van der Waals surface area contributed by atoms with Gasteiger partial charge >= 0.3 is 0 Å². The third-order valence-corrected chi connectivity index (χ3v) is 5.32. The summed E-state index contributed by atoms with van der Waals surface area (Å²) in [6.07, 6.45) is 4.63. The van der Waals surface area contributed by atoms with Gasteiger partial charge in [0.25, 0.3) is 0 Å². The molecule has 0 bridgehead atoms. The molecule has 3 rings (SSSR count). The van der Waals surface area contributed by atoms with Crippen LogP contribution in [0.15, 0.2) is 18.2 Å². The molecular formula is C19H29N3O. The van der Waals surface area contributed by atoms with Gasteiger partial charge < -0.3 is 4.90 Å². The maximum Gasteiger partial charge on any atom is 0.225 e. The Labute approximate surface area is 139 Å². The first-order valence-electron chi connectivity index (χ1n) is 8.97. The van der Waals surface area contributed by atoms with Crippen LogP contribution in [0.1, 0.15) is 50.9 Å². The number of carbonyl (C=O) groups excluding carboxylic acids is 1. The lowest BCUT2D eigenvalue weighted by atomic mass is 9.85. The zero-order chi connectivity index (χ0) is 16.4. The molecule has 0 saturated carbocycles. The van der Waals surface area contributed by atoms with E-state index in [1.165, 1.54) is 6.42 Å². The minimum atomic E-state index is 0.0728. The van der Waals surface area contributed by atoms with Crippen LogP contribution < -0.4 is 0 Å². The first-order chi connectivity index (χ1) is 11.0. The lowest BCUT2D eigenvalue weighted by Gasteiger charge is -2.46. The van der Waals surface area contributed by atoms with Crippen molar-refractivity contribution in [3.8, 4) is 0 Å². The van der Waals surface area contributed by atoms with Crippen molar-refractivity contribution >= 4 is 5.91 Å². The van der Waals surface area contributed by atoms with Crippen molar-refractivity contribution in [1.82, 2.24) is 14.8 Å². The fourth-order valence-corrected chi connectivity index (χ4v) is 4.28. The predicted octanol–water partition coefficient (Wildman–Crippen LogP) is 3.00. The van der Waals surface area contributed by atoms with E-state index in [-0.39, 0.29) is 11.5 Å². The van der Waals surface area contributed by atoms with Gasteiger partial charge in [0, 0.05) is 31.2 Å². The first kappa shape index (κ1) is 16.4. The van der Waals surface area contributed by atoms with Gasteiger partial charge in [-0.05, 0) is 51.3 Å². The van der Waals surface area contributed by atoms with Gasteiger partial charge in [0.2, 0.25) is 5.91 Å². The lowest BCUT2D eigenvalue weighted by molar-refractivity contribution is -0.140. The molecule has 1 aromatic rings. The largest absolute Gasteiger partial charge is 0.336 e. The van der Waals surface area contributed by atoms with Crippen molar-refractivity contribution < 1.29 is 4.79 Å². The van der Waals surface area contributed by atoms with Crippen LogP contribution in [0.2, 0.25) is 0 Å². The summed E-state index contributed by atoms with van der Waals surface area (Å²) in [5, 5.41) is 0. The Morgan fingerprint density at radius 1 is 1.26 bits per heavy atom. The van der Waals surface area contributed by atoms with E-state index < -0.39 is 0 Å². The number of likely N-dealkylation sites (tertiary alicyclic amines) is 2. The number of piperidine rings is 1. The van der Waals surface area contributed by atoms with E-state index in [1.54, 1.807) is 0 Å². The van der Waals surface area contributed by atoms with Crippen LogP contribution in [0.4, 0.5) is 0 Å². The van der Waals surface area contributed by atoms with Crippen LogP contribution >= 0.6 is 0 Å². The van der Waals surface area contributed by atoms with Crippen LogP contribution in [-0.4, -0.2) is 45.9 Å². The molecule has 0 aliphatic carbocycles. The SMILES string of the molecule is Cc1cccc(CN2CCC[C@@]3(CCCN3C(=O)C(C)C)C2)n1. The molecule has 4 heteroatoms. The van der Waals surface area contributed by atoms with E-state index in [9.17, 15) is 4.79 Å². The number of pyridine rings is 1. The van der Waals surface area contributed by atoms with Gasteiger partial charge in [-0.3, -0.25) is 14.7 Å². The summed E-state index contributed by atoms with van der Waals surface area (Å²) in [7, 11) is 0. The van der Waals surface area contributed by atoms with E-state index in [1.807, 2.05) is 26.8 Å². The summed E-state index contributed by atoms with van der Waals surface area (Å²) in [4.78, 5) is 22.0. The van der Waals surface area contributed by atoms with Crippen LogP contribution in [0, 0.1) is 12.8 Å². The Morgan fingerprint density at radius 2 is 2.00 bits per heavy atom. The van der Waals surface area contributed by atoms with E-state index in [2.05, 4.69) is 26.9 Å². The van der Waals surface area contributed by atoms with Crippen LogP contribution in [0.3, 0.4) is 0 Å². The van der Waals surface area contributed by atoms with Gasteiger partial charge in [-0.15, -0.1) is 0 Å². The van der Waals surface area contributed by atoms with Gasteiger partial charge in [-0.25, -0.2) is 0 Å². The molecule has 1 spiro atoms. The van der Waals surface area contributed by atoms with Gasteiger partial charge in [-0.2, -0.15) is 0 Å². The second kappa shape index (κ2) is 6.60. The average molecular weight is 315 g/mol. The quantitative estimate of drug-likeness (QED) is 0.860. The molecule has 3 heterocycles. The summed E-state index contributed by atoms with van der Waals surface area (Å²) in [6.45, 7) is 10.0. The number of hydrogen-bond donors (Lipinski definition) is 0. The summed E-state index contributed by atoms with van der Waals surface area (Å²) in [5.74, 6) is 0.428. The molecule has 2 fully saturated rings. The summed E-state index contributed by atoms with van der Waals surface area (Å²) < 4.78 is 0. The third-order valence-electron chi connectivity index (χ3n) is 5.32. The molecular weight excluding hydrogens is 286 g/mol. The zero-order valence-electron chi connectivity index (χ0n) is 14.7. The Kier molecular flexibility index (Phi) is 4.72. The normalized spacial score (nSPS) is 25.5. The highest BCUT2D eigenvalue weighted by molar-refractivity contribution is 5.79. The number of carbonyl (C=O) groups is 1. The van der Waals surface area contributed by atoms with Gasteiger partial charge in [0.05, 0.1) is 11.2 Å². The first-order valence-corrected chi connectivity index (χ1v) is 8.97. The van der Waals surface area contributed by atoms with Crippen molar-refractivity contribution in [2.24, 2.45) is 5.92 Å². The molecule has 2 aliphatic heterocycles. The van der Waals surface area contributed by atoms with Crippen molar-refractivity contribution in [3.05, 3.63) is 29.6 Å². The monoisotopic (exact) mass is 315 g/mol. The summed E-state index contributed by atoms with van der Waals surface area (Å²) >= 11 is 0. The standard InChI is InChI=1S/C19H29N3O/c1-15(2)18(23)22-12-6-10-19(22)9-5-11-21(14-19)13-17-8-4-7-16(3)20-17/h4,7-8,15H,5-6,9-14H2,1-3H3/t19-/m1/s1. The maximum atomic E-state index is 12.6. The van der Waals surface area contributed by atoms with E-state index in [4.69, 9.17) is 0 Å². The van der Waals surface area contributed by atoms with Gasteiger partial charge in [0.1, 0.15) is 0 Å². The maximum absolute atomic E-state index is 12.6. The summed E-state index contributed by atoms with van der Waals surface area (Å²) in [6, 6.07) is 6.24. The Hall–Kier alpha value is -1.42. The second-order valence-corrected chi connectivity index (χ2v) is 7.56. The number of aromatic nitrogens is 1. The molecule has 1 aromatic heterocycles. The molecule has 2 saturated heterocycles. The Bertz CT molecular complexity index is 571. The number of rotatable bonds is 3. The minimum Gasteiger partial charge on any atom is -0.336 e. The highest BCUT2D eigenvalue weighted by Crippen LogP contribution is 2.38. The molecule has 1 amide bonds.